The Morgan fingerprint density at radius 3 is 3.00 bits per heavy atom. The summed E-state index contributed by atoms with van der Waals surface area (Å²) in [5.41, 5.74) is -0.329. The van der Waals surface area contributed by atoms with Crippen LogP contribution in [-0.4, -0.2) is 34.8 Å². The second kappa shape index (κ2) is 6.11. The van der Waals surface area contributed by atoms with Crippen molar-refractivity contribution in [2.24, 2.45) is 0 Å². The second-order valence-electron chi connectivity index (χ2n) is 4.46. The number of aliphatic hydroxyl groups is 1. The van der Waals surface area contributed by atoms with Gasteiger partial charge in [0.25, 0.3) is 0 Å². The molecule has 1 fully saturated rings. The molecule has 2 rings (SSSR count). The number of hydrogen-bond donors (Lipinski definition) is 3. The molecular formula is C12H14BrFN2O2S. The molecule has 19 heavy (non-hydrogen) atoms. The van der Waals surface area contributed by atoms with Crippen LogP contribution in [0.25, 0.3) is 0 Å². The Morgan fingerprint density at radius 1 is 1.58 bits per heavy atom. The van der Waals surface area contributed by atoms with E-state index in [4.69, 9.17) is 0 Å². The van der Waals surface area contributed by atoms with Gasteiger partial charge in [-0.1, -0.05) is 0 Å². The molecule has 4 nitrogen and oxygen atoms in total. The summed E-state index contributed by atoms with van der Waals surface area (Å²) in [6.07, 6.45) is 0.681. The SMILES string of the molecule is O=C(NCC1(O)CCSC1)Nc1ccc(F)c(Br)c1. The highest BCUT2D eigenvalue weighted by atomic mass is 79.9. The van der Waals surface area contributed by atoms with E-state index in [1.807, 2.05) is 0 Å². The highest BCUT2D eigenvalue weighted by molar-refractivity contribution is 9.10. The molecule has 2 amide bonds. The van der Waals surface area contributed by atoms with E-state index < -0.39 is 11.6 Å². The van der Waals surface area contributed by atoms with Crippen LogP contribution in [0.5, 0.6) is 0 Å². The Bertz CT molecular complexity index is 481. The number of benzene rings is 1. The summed E-state index contributed by atoms with van der Waals surface area (Å²) < 4.78 is 13.3. The molecule has 104 valence electrons. The van der Waals surface area contributed by atoms with E-state index in [0.29, 0.717) is 17.9 Å². The molecule has 1 aliphatic rings. The van der Waals surface area contributed by atoms with Crippen molar-refractivity contribution in [1.29, 1.82) is 0 Å². The number of carbonyl (C=O) groups excluding carboxylic acids is 1. The Morgan fingerprint density at radius 2 is 2.37 bits per heavy atom. The zero-order valence-electron chi connectivity index (χ0n) is 10.1. The monoisotopic (exact) mass is 348 g/mol. The molecular weight excluding hydrogens is 335 g/mol. The minimum atomic E-state index is -0.814. The topological polar surface area (TPSA) is 61.4 Å². The van der Waals surface area contributed by atoms with Gasteiger partial charge in [0.2, 0.25) is 0 Å². The second-order valence-corrected chi connectivity index (χ2v) is 6.42. The van der Waals surface area contributed by atoms with E-state index in [0.717, 1.165) is 5.75 Å². The molecule has 1 saturated heterocycles. The highest BCUT2D eigenvalue weighted by Gasteiger charge is 2.31. The molecule has 1 aromatic carbocycles. The minimum Gasteiger partial charge on any atom is -0.387 e. The quantitative estimate of drug-likeness (QED) is 0.786. The van der Waals surface area contributed by atoms with Crippen molar-refractivity contribution in [3.63, 3.8) is 0 Å². The van der Waals surface area contributed by atoms with Gasteiger partial charge in [-0.15, -0.1) is 0 Å². The average Bonchev–Trinajstić information content (AvgIpc) is 2.79. The van der Waals surface area contributed by atoms with E-state index in [-0.39, 0.29) is 16.8 Å². The first-order chi connectivity index (χ1) is 8.98. The van der Waals surface area contributed by atoms with Crippen molar-refractivity contribution in [3.8, 4) is 0 Å². The Balaban J connectivity index is 1.85. The van der Waals surface area contributed by atoms with Crippen LogP contribution < -0.4 is 10.6 Å². The van der Waals surface area contributed by atoms with Crippen LogP contribution in [0.2, 0.25) is 0 Å². The van der Waals surface area contributed by atoms with E-state index in [1.54, 1.807) is 11.8 Å². The Labute approximate surface area is 123 Å². The van der Waals surface area contributed by atoms with E-state index >= 15 is 0 Å². The lowest BCUT2D eigenvalue weighted by Crippen LogP contribution is -2.44. The van der Waals surface area contributed by atoms with Crippen LogP contribution in [0.15, 0.2) is 22.7 Å². The number of amides is 2. The first-order valence-corrected chi connectivity index (χ1v) is 7.73. The molecule has 0 saturated carbocycles. The lowest BCUT2D eigenvalue weighted by molar-refractivity contribution is 0.0706. The van der Waals surface area contributed by atoms with Gasteiger partial charge >= 0.3 is 6.03 Å². The first kappa shape index (κ1) is 14.6. The van der Waals surface area contributed by atoms with Crippen molar-refractivity contribution in [1.82, 2.24) is 5.32 Å². The number of nitrogens with one attached hydrogen (secondary N) is 2. The van der Waals surface area contributed by atoms with Crippen molar-refractivity contribution in [2.75, 3.05) is 23.4 Å². The lowest BCUT2D eigenvalue weighted by atomic mass is 10.0. The van der Waals surface area contributed by atoms with E-state index in [1.165, 1.54) is 18.2 Å². The molecule has 0 aromatic heterocycles. The first-order valence-electron chi connectivity index (χ1n) is 5.79. The number of halogens is 2. The van der Waals surface area contributed by atoms with Crippen LogP contribution in [0.4, 0.5) is 14.9 Å². The smallest absolute Gasteiger partial charge is 0.319 e. The molecule has 0 spiro atoms. The number of carbonyl (C=O) groups is 1. The molecule has 1 heterocycles. The van der Waals surface area contributed by atoms with Crippen LogP contribution in [0.3, 0.4) is 0 Å². The van der Waals surface area contributed by atoms with Crippen LogP contribution in [-0.2, 0) is 0 Å². The molecule has 3 N–H and O–H groups in total. The van der Waals surface area contributed by atoms with Gasteiger partial charge in [0.15, 0.2) is 0 Å². The summed E-state index contributed by atoms with van der Waals surface area (Å²) in [5.74, 6) is 1.16. The van der Waals surface area contributed by atoms with Crippen LogP contribution in [0.1, 0.15) is 6.42 Å². The largest absolute Gasteiger partial charge is 0.387 e. The third-order valence-corrected chi connectivity index (χ3v) is 4.68. The van der Waals surface area contributed by atoms with Gasteiger partial charge in [-0.3, -0.25) is 0 Å². The molecule has 1 unspecified atom stereocenters. The molecule has 0 aliphatic carbocycles. The van der Waals surface area contributed by atoms with E-state index in [9.17, 15) is 14.3 Å². The van der Waals surface area contributed by atoms with Crippen molar-refractivity contribution in [3.05, 3.63) is 28.5 Å². The molecule has 1 atom stereocenters. The van der Waals surface area contributed by atoms with Crippen LogP contribution >= 0.6 is 27.7 Å². The summed E-state index contributed by atoms with van der Waals surface area (Å²) in [4.78, 5) is 11.7. The maximum Gasteiger partial charge on any atom is 0.319 e. The summed E-state index contributed by atoms with van der Waals surface area (Å²) >= 11 is 4.72. The maximum absolute atomic E-state index is 13.0. The molecule has 1 aromatic rings. The fraction of sp³-hybridized carbons (Fsp3) is 0.417. The van der Waals surface area contributed by atoms with Gasteiger partial charge in [-0.25, -0.2) is 9.18 Å². The average molecular weight is 349 g/mol. The number of anilines is 1. The van der Waals surface area contributed by atoms with Crippen molar-refractivity contribution in [2.45, 2.75) is 12.0 Å². The van der Waals surface area contributed by atoms with Gasteiger partial charge in [0.05, 0.1) is 10.1 Å². The molecule has 0 bridgehead atoms. The summed E-state index contributed by atoms with van der Waals surface area (Å²) in [5, 5.41) is 15.3. The minimum absolute atomic E-state index is 0.216. The fourth-order valence-corrected chi connectivity index (χ4v) is 3.40. The third kappa shape index (κ3) is 4.09. The number of hydrogen-bond acceptors (Lipinski definition) is 3. The van der Waals surface area contributed by atoms with Crippen LogP contribution in [0, 0.1) is 5.82 Å². The van der Waals surface area contributed by atoms with Gasteiger partial charge in [-0.05, 0) is 46.3 Å². The highest BCUT2D eigenvalue weighted by Crippen LogP contribution is 2.27. The molecule has 7 heteroatoms. The third-order valence-electron chi connectivity index (χ3n) is 2.84. The number of thioether (sulfide) groups is 1. The predicted octanol–water partition coefficient (Wildman–Crippen LogP) is 2.58. The Hall–Kier alpha value is -0.790. The van der Waals surface area contributed by atoms with Crippen molar-refractivity contribution < 1.29 is 14.3 Å². The maximum atomic E-state index is 13.0. The van der Waals surface area contributed by atoms with E-state index in [2.05, 4.69) is 26.6 Å². The van der Waals surface area contributed by atoms with Gasteiger partial charge < -0.3 is 15.7 Å². The Kier molecular flexibility index (Phi) is 4.70. The van der Waals surface area contributed by atoms with Gasteiger partial charge in [0.1, 0.15) is 5.82 Å². The predicted molar refractivity (Wildman–Crippen MR) is 78.0 cm³/mol. The zero-order chi connectivity index (χ0) is 13.9. The summed E-state index contributed by atoms with van der Waals surface area (Å²) in [6.45, 7) is 0.216. The number of urea groups is 1. The summed E-state index contributed by atoms with van der Waals surface area (Å²) in [6, 6.07) is 3.80. The number of rotatable bonds is 3. The standard InChI is InChI=1S/C12H14BrFN2O2S/c13-9-5-8(1-2-10(9)14)16-11(17)15-6-12(18)3-4-19-7-12/h1-2,5,18H,3-4,6-7H2,(H2,15,16,17). The fourth-order valence-electron chi connectivity index (χ4n) is 1.73. The molecule has 0 radical (unpaired) electrons. The zero-order valence-corrected chi connectivity index (χ0v) is 12.5. The normalized spacial score (nSPS) is 22.3. The van der Waals surface area contributed by atoms with Gasteiger partial charge in [-0.2, -0.15) is 11.8 Å². The molecule has 1 aliphatic heterocycles. The van der Waals surface area contributed by atoms with Crippen molar-refractivity contribution >= 4 is 39.4 Å². The lowest BCUT2D eigenvalue weighted by Gasteiger charge is -2.21. The summed E-state index contributed by atoms with van der Waals surface area (Å²) in [7, 11) is 0. The van der Waals surface area contributed by atoms with Gasteiger partial charge in [0, 0.05) is 18.0 Å².